The summed E-state index contributed by atoms with van der Waals surface area (Å²) in [5.41, 5.74) is 0. The van der Waals surface area contributed by atoms with Gasteiger partial charge in [-0.25, -0.2) is 0 Å². The van der Waals surface area contributed by atoms with Gasteiger partial charge in [-0.2, -0.15) is 0 Å². The van der Waals surface area contributed by atoms with Gasteiger partial charge < -0.3 is 61.3 Å². The van der Waals surface area contributed by atoms with E-state index < -0.39 is 20.3 Å². The van der Waals surface area contributed by atoms with Gasteiger partial charge in [0.25, 0.3) is 0 Å². The molecule has 0 aliphatic carbocycles. The molecule has 0 saturated heterocycles. The Kier molecular flexibility index (Phi) is 59.1. The van der Waals surface area contributed by atoms with Crippen molar-refractivity contribution < 1.29 is 37.1 Å². The molecule has 18 heteroatoms. The van der Waals surface area contributed by atoms with Crippen LogP contribution in [-0.4, -0.2) is 58.1 Å². The SMILES string of the molecule is O=[N+]([O-])[O-].O=[N+]([O-])[O-].O=[N+]([O-])[O-].O=[N+]([O-])[O-].[Ca+2].[Co+2]. The molecule has 0 spiro atoms. The molecule has 0 N–H and O–H groups in total. The zero-order chi connectivity index (χ0) is 14.3. The van der Waals surface area contributed by atoms with Gasteiger partial charge in [-0.05, 0) is 0 Å². The third kappa shape index (κ3) is 1300. The van der Waals surface area contributed by atoms with E-state index in [1.807, 2.05) is 0 Å². The fraction of sp³-hybridized carbons (Fsp3) is 0. The Hall–Kier alpha value is -1.43. The van der Waals surface area contributed by atoms with Crippen LogP contribution in [-0.2, 0) is 16.8 Å². The Morgan fingerprint density at radius 3 is 0.444 bits per heavy atom. The Morgan fingerprint density at radius 1 is 0.444 bits per heavy atom. The van der Waals surface area contributed by atoms with Crippen molar-refractivity contribution in [2.45, 2.75) is 0 Å². The van der Waals surface area contributed by atoms with Gasteiger partial charge in [0.2, 0.25) is 0 Å². The molecule has 103 valence electrons. The second-order valence-corrected chi connectivity index (χ2v) is 0.894. The molecule has 0 bridgehead atoms. The van der Waals surface area contributed by atoms with Crippen LogP contribution in [0.15, 0.2) is 0 Å². The average Bonchev–Trinajstić information content (AvgIpc) is 1.76. The molecule has 0 amide bonds. The standard InChI is InChI=1S/Ca.Co.4NO3/c;;4*2-1(3)4/q2*+2;4*-1. The van der Waals surface area contributed by atoms with Gasteiger partial charge in [-0.3, -0.25) is 0 Å². The molecule has 0 atom stereocenters. The molecule has 0 saturated carbocycles. The van der Waals surface area contributed by atoms with Crippen LogP contribution in [0.5, 0.6) is 0 Å². The number of hydrogen-bond acceptors (Lipinski definition) is 12. The smallest absolute Gasteiger partial charge is 0.356 e. The topological polar surface area (TPSA) is 265 Å². The van der Waals surface area contributed by atoms with Crippen molar-refractivity contribution in [3.63, 3.8) is 0 Å². The Balaban J connectivity index is -0.0000000257. The number of rotatable bonds is 0. The summed E-state index contributed by atoms with van der Waals surface area (Å²) in [6, 6.07) is 0. The molecule has 0 aromatic carbocycles. The Morgan fingerprint density at radius 2 is 0.444 bits per heavy atom. The van der Waals surface area contributed by atoms with Crippen molar-refractivity contribution in [2.24, 2.45) is 0 Å². The summed E-state index contributed by atoms with van der Waals surface area (Å²) in [6.07, 6.45) is 0. The molecule has 0 aromatic heterocycles. The van der Waals surface area contributed by atoms with E-state index in [4.69, 9.17) is 61.3 Å². The summed E-state index contributed by atoms with van der Waals surface area (Å²) < 4.78 is 0. The van der Waals surface area contributed by atoms with Crippen molar-refractivity contribution in [1.82, 2.24) is 0 Å². The Labute approximate surface area is 135 Å². The van der Waals surface area contributed by atoms with Crippen molar-refractivity contribution in [3.05, 3.63) is 61.3 Å². The first kappa shape index (κ1) is 36.0. The van der Waals surface area contributed by atoms with Crippen molar-refractivity contribution in [3.8, 4) is 0 Å². The van der Waals surface area contributed by atoms with Crippen molar-refractivity contribution in [1.29, 1.82) is 0 Å². The van der Waals surface area contributed by atoms with Gasteiger partial charge >= 0.3 is 54.5 Å². The zero-order valence-electron chi connectivity index (χ0n) is 7.73. The third-order valence-corrected chi connectivity index (χ3v) is 0. The van der Waals surface area contributed by atoms with E-state index in [2.05, 4.69) is 0 Å². The molecular weight excluding hydrogens is 347 g/mol. The predicted molar refractivity (Wildman–Crippen MR) is 47.2 cm³/mol. The predicted octanol–water partition coefficient (Wildman–Crippen LogP) is -1.34. The third-order valence-electron chi connectivity index (χ3n) is 0. The molecule has 0 aromatic rings. The van der Waals surface area contributed by atoms with Gasteiger partial charge in [0, 0.05) is 0 Å². The van der Waals surface area contributed by atoms with Gasteiger partial charge in [0.15, 0.2) is 0 Å². The van der Waals surface area contributed by atoms with E-state index in [0.29, 0.717) is 0 Å². The monoisotopic (exact) mass is 347 g/mol. The van der Waals surface area contributed by atoms with E-state index in [1.165, 1.54) is 0 Å². The van der Waals surface area contributed by atoms with Crippen LogP contribution in [0.4, 0.5) is 0 Å². The van der Waals surface area contributed by atoms with Crippen LogP contribution < -0.4 is 0 Å². The van der Waals surface area contributed by atoms with E-state index in [9.17, 15) is 0 Å². The number of hydrogen-bond donors (Lipinski definition) is 0. The maximum absolute atomic E-state index is 8.25. The molecule has 0 heterocycles. The zero-order valence-corrected chi connectivity index (χ0v) is 11.0. The summed E-state index contributed by atoms with van der Waals surface area (Å²) in [5.74, 6) is 0. The maximum Gasteiger partial charge on any atom is 2.00 e. The summed E-state index contributed by atoms with van der Waals surface area (Å²) in [7, 11) is 0. The van der Waals surface area contributed by atoms with Crippen LogP contribution in [0.25, 0.3) is 0 Å². The average molecular weight is 347 g/mol. The summed E-state index contributed by atoms with van der Waals surface area (Å²) in [5, 5.41) is 59.0. The van der Waals surface area contributed by atoms with Gasteiger partial charge in [0.05, 0.1) is 20.3 Å². The molecule has 1 radical (unpaired) electrons. The van der Waals surface area contributed by atoms with Crippen molar-refractivity contribution in [2.75, 3.05) is 0 Å². The molecular formula is CaCoN4O12. The Bertz CT molecular complexity index is 164. The maximum atomic E-state index is 8.25. The second-order valence-electron chi connectivity index (χ2n) is 0.894. The fourth-order valence-corrected chi connectivity index (χ4v) is 0. The minimum Gasteiger partial charge on any atom is -0.356 e. The van der Waals surface area contributed by atoms with Crippen LogP contribution in [0.3, 0.4) is 0 Å². The first-order valence-electron chi connectivity index (χ1n) is 2.19. The quantitative estimate of drug-likeness (QED) is 0.280. The molecule has 0 unspecified atom stereocenters. The number of nitrogens with zero attached hydrogens (tertiary/aromatic N) is 4. The first-order valence-corrected chi connectivity index (χ1v) is 2.19. The summed E-state index contributed by atoms with van der Waals surface area (Å²) in [4.78, 5) is 33.0. The van der Waals surface area contributed by atoms with Crippen LogP contribution in [0.2, 0.25) is 0 Å². The molecule has 16 nitrogen and oxygen atoms in total. The van der Waals surface area contributed by atoms with E-state index in [-0.39, 0.29) is 54.5 Å². The van der Waals surface area contributed by atoms with Gasteiger partial charge in [-0.15, -0.1) is 0 Å². The minimum atomic E-state index is -1.75. The molecule has 18 heavy (non-hydrogen) atoms. The fourth-order valence-electron chi connectivity index (χ4n) is 0. The molecule has 0 rings (SSSR count). The van der Waals surface area contributed by atoms with Crippen molar-refractivity contribution >= 4 is 37.7 Å². The van der Waals surface area contributed by atoms with E-state index in [0.717, 1.165) is 0 Å². The molecule has 0 aliphatic heterocycles. The molecule has 0 aliphatic rings. The summed E-state index contributed by atoms with van der Waals surface area (Å²) >= 11 is 0. The second kappa shape index (κ2) is 29.6. The van der Waals surface area contributed by atoms with E-state index in [1.54, 1.807) is 0 Å². The van der Waals surface area contributed by atoms with Gasteiger partial charge in [0.1, 0.15) is 0 Å². The minimum absolute atomic E-state index is 0. The summed E-state index contributed by atoms with van der Waals surface area (Å²) in [6.45, 7) is 0. The van der Waals surface area contributed by atoms with Crippen LogP contribution in [0, 0.1) is 61.3 Å². The van der Waals surface area contributed by atoms with Gasteiger partial charge in [-0.1, -0.05) is 0 Å². The van der Waals surface area contributed by atoms with E-state index >= 15 is 0 Å². The van der Waals surface area contributed by atoms with Crippen LogP contribution in [0.1, 0.15) is 0 Å². The van der Waals surface area contributed by atoms with Crippen LogP contribution >= 0.6 is 0 Å². The largest absolute Gasteiger partial charge is 2.00 e. The first-order chi connectivity index (χ1) is 6.93. The normalized spacial score (nSPS) is 5.33. The molecule has 0 fully saturated rings.